The summed E-state index contributed by atoms with van der Waals surface area (Å²) < 4.78 is 7.65. The van der Waals surface area contributed by atoms with Crippen LogP contribution < -0.4 is 4.74 Å². The molecule has 1 aromatic carbocycles. The van der Waals surface area contributed by atoms with Crippen LogP contribution in [0.4, 0.5) is 0 Å². The second-order valence-corrected chi connectivity index (χ2v) is 3.72. The van der Waals surface area contributed by atoms with Crippen molar-refractivity contribution in [1.29, 1.82) is 0 Å². The monoisotopic (exact) mass is 235 g/mol. The molecule has 0 bridgehead atoms. The van der Waals surface area contributed by atoms with Gasteiger partial charge >= 0.3 is 0 Å². The molecule has 0 aliphatic heterocycles. The topological polar surface area (TPSA) is 42.8 Å². The first-order valence-corrected chi connectivity index (χ1v) is 5.47. The number of methoxy groups -OCH3 is 1. The lowest BCUT2D eigenvalue weighted by atomic mass is 10.3. The molecule has 2 aromatic rings. The first-order chi connectivity index (χ1) is 7.76. The molecule has 1 N–H and O–H groups in total. The highest BCUT2D eigenvalue weighted by molar-refractivity contribution is 7.71. The van der Waals surface area contributed by atoms with Crippen molar-refractivity contribution in [2.75, 3.05) is 7.11 Å². The van der Waals surface area contributed by atoms with Gasteiger partial charge in [0.05, 0.1) is 7.11 Å². The summed E-state index contributed by atoms with van der Waals surface area (Å²) in [5.74, 6) is 1.76. The van der Waals surface area contributed by atoms with E-state index >= 15 is 0 Å². The first kappa shape index (κ1) is 10.9. The smallest absolute Gasteiger partial charge is 0.199 e. The molecule has 0 saturated heterocycles. The number of hydrogen-bond donors (Lipinski definition) is 1. The highest BCUT2D eigenvalue weighted by Crippen LogP contribution is 2.16. The Labute approximate surface area is 98.9 Å². The number of nitrogens with one attached hydrogen (secondary N) is 1. The number of benzene rings is 1. The van der Waals surface area contributed by atoms with E-state index in [1.807, 2.05) is 35.8 Å². The van der Waals surface area contributed by atoms with E-state index in [1.165, 1.54) is 0 Å². The van der Waals surface area contributed by atoms with Crippen LogP contribution in [-0.4, -0.2) is 21.9 Å². The molecule has 0 aliphatic carbocycles. The van der Waals surface area contributed by atoms with Gasteiger partial charge in [0.1, 0.15) is 11.6 Å². The molecule has 0 saturated carbocycles. The fraction of sp³-hybridized carbons (Fsp3) is 0.273. The molecular weight excluding hydrogens is 222 g/mol. The highest BCUT2D eigenvalue weighted by atomic mass is 32.1. The first-order valence-electron chi connectivity index (χ1n) is 5.07. The molecule has 2 rings (SSSR count). The van der Waals surface area contributed by atoms with Crippen LogP contribution in [0.5, 0.6) is 5.75 Å². The van der Waals surface area contributed by atoms with Crippen LogP contribution in [0.1, 0.15) is 12.7 Å². The van der Waals surface area contributed by atoms with Crippen molar-refractivity contribution in [1.82, 2.24) is 14.8 Å². The summed E-state index contributed by atoms with van der Waals surface area (Å²) >= 11 is 5.20. The largest absolute Gasteiger partial charge is 0.497 e. The van der Waals surface area contributed by atoms with Gasteiger partial charge in [-0.15, -0.1) is 0 Å². The molecule has 1 aromatic heterocycles. The van der Waals surface area contributed by atoms with E-state index in [-0.39, 0.29) is 0 Å². The maximum Gasteiger partial charge on any atom is 0.199 e. The van der Waals surface area contributed by atoms with Crippen molar-refractivity contribution >= 4 is 12.2 Å². The van der Waals surface area contributed by atoms with E-state index in [0.717, 1.165) is 23.7 Å². The number of aromatic amines is 1. The van der Waals surface area contributed by atoms with E-state index in [4.69, 9.17) is 17.0 Å². The average Bonchev–Trinajstić information content (AvgIpc) is 2.70. The molecule has 0 spiro atoms. The van der Waals surface area contributed by atoms with Gasteiger partial charge in [-0.2, -0.15) is 5.10 Å². The van der Waals surface area contributed by atoms with Crippen LogP contribution in [0.3, 0.4) is 0 Å². The summed E-state index contributed by atoms with van der Waals surface area (Å²) in [6, 6.07) is 7.74. The summed E-state index contributed by atoms with van der Waals surface area (Å²) in [6.07, 6.45) is 0.833. The van der Waals surface area contributed by atoms with Gasteiger partial charge in [-0.1, -0.05) is 6.92 Å². The highest BCUT2D eigenvalue weighted by Gasteiger charge is 2.05. The number of aromatic nitrogens is 3. The van der Waals surface area contributed by atoms with Crippen LogP contribution in [0.25, 0.3) is 5.69 Å². The SMILES string of the molecule is CCc1n[nH]c(=S)n1-c1ccc(OC)cc1. The molecule has 1 heterocycles. The quantitative estimate of drug-likeness (QED) is 0.831. The number of H-pyrrole nitrogens is 1. The van der Waals surface area contributed by atoms with Gasteiger partial charge in [-0.05, 0) is 36.5 Å². The van der Waals surface area contributed by atoms with Gasteiger partial charge in [0.15, 0.2) is 4.77 Å². The minimum absolute atomic E-state index is 0.613. The predicted molar refractivity (Wildman–Crippen MR) is 64.7 cm³/mol. The Hall–Kier alpha value is -1.62. The van der Waals surface area contributed by atoms with Gasteiger partial charge in [-0.25, -0.2) is 0 Å². The van der Waals surface area contributed by atoms with Gasteiger partial charge in [0.2, 0.25) is 0 Å². The summed E-state index contributed by atoms with van der Waals surface area (Å²) in [6.45, 7) is 2.05. The Morgan fingerprint density at radius 2 is 2.06 bits per heavy atom. The Kier molecular flexibility index (Phi) is 3.05. The van der Waals surface area contributed by atoms with Crippen molar-refractivity contribution < 1.29 is 4.74 Å². The number of aryl methyl sites for hydroxylation is 1. The Morgan fingerprint density at radius 3 is 2.62 bits per heavy atom. The number of ether oxygens (including phenoxy) is 1. The van der Waals surface area contributed by atoms with Crippen molar-refractivity contribution in [2.45, 2.75) is 13.3 Å². The second-order valence-electron chi connectivity index (χ2n) is 3.33. The molecular formula is C11H13N3OS. The van der Waals surface area contributed by atoms with Crippen molar-refractivity contribution in [3.8, 4) is 11.4 Å². The molecule has 84 valence electrons. The average molecular weight is 235 g/mol. The minimum atomic E-state index is 0.613. The van der Waals surface area contributed by atoms with E-state index < -0.39 is 0 Å². The lowest BCUT2D eigenvalue weighted by molar-refractivity contribution is 0.414. The van der Waals surface area contributed by atoms with E-state index in [1.54, 1.807) is 7.11 Å². The van der Waals surface area contributed by atoms with Crippen molar-refractivity contribution in [3.05, 3.63) is 34.9 Å². The van der Waals surface area contributed by atoms with Crippen LogP contribution in [0.2, 0.25) is 0 Å². The molecule has 0 atom stereocenters. The summed E-state index contributed by atoms with van der Waals surface area (Å²) in [7, 11) is 1.65. The van der Waals surface area contributed by atoms with E-state index in [2.05, 4.69) is 10.2 Å². The zero-order valence-corrected chi connectivity index (χ0v) is 10.0. The molecule has 4 nitrogen and oxygen atoms in total. The predicted octanol–water partition coefficient (Wildman–Crippen LogP) is 2.50. The van der Waals surface area contributed by atoms with E-state index in [9.17, 15) is 0 Å². The van der Waals surface area contributed by atoms with Crippen LogP contribution in [0, 0.1) is 4.77 Å². The maximum atomic E-state index is 5.20. The molecule has 0 unspecified atom stereocenters. The molecule has 16 heavy (non-hydrogen) atoms. The fourth-order valence-electron chi connectivity index (χ4n) is 1.56. The zero-order valence-electron chi connectivity index (χ0n) is 9.23. The Bertz CT molecular complexity index is 527. The van der Waals surface area contributed by atoms with Gasteiger partial charge in [0, 0.05) is 12.1 Å². The third kappa shape index (κ3) is 1.86. The van der Waals surface area contributed by atoms with Gasteiger partial charge in [-0.3, -0.25) is 9.67 Å². The third-order valence-electron chi connectivity index (χ3n) is 2.39. The molecule has 0 fully saturated rings. The second kappa shape index (κ2) is 4.49. The fourth-order valence-corrected chi connectivity index (χ4v) is 1.82. The zero-order chi connectivity index (χ0) is 11.5. The van der Waals surface area contributed by atoms with E-state index in [0.29, 0.717) is 4.77 Å². The standard InChI is InChI=1S/C11H13N3OS/c1-3-10-12-13-11(16)14(10)8-4-6-9(15-2)7-5-8/h4-7H,3H2,1-2H3,(H,13,16). The maximum absolute atomic E-state index is 5.20. The Balaban J connectivity index is 2.49. The summed E-state index contributed by atoms with van der Waals surface area (Å²) in [5.41, 5.74) is 0.997. The minimum Gasteiger partial charge on any atom is -0.497 e. The number of rotatable bonds is 3. The molecule has 0 aliphatic rings. The third-order valence-corrected chi connectivity index (χ3v) is 2.66. The van der Waals surface area contributed by atoms with Gasteiger partial charge < -0.3 is 4.74 Å². The lowest BCUT2D eigenvalue weighted by Gasteiger charge is -2.06. The van der Waals surface area contributed by atoms with Crippen LogP contribution in [0.15, 0.2) is 24.3 Å². The lowest BCUT2D eigenvalue weighted by Crippen LogP contribution is -2.00. The van der Waals surface area contributed by atoms with Gasteiger partial charge in [0.25, 0.3) is 0 Å². The summed E-state index contributed by atoms with van der Waals surface area (Å²) in [4.78, 5) is 0. The van der Waals surface area contributed by atoms with Crippen molar-refractivity contribution in [2.24, 2.45) is 0 Å². The number of nitrogens with zero attached hydrogens (tertiary/aromatic N) is 2. The van der Waals surface area contributed by atoms with Crippen LogP contribution in [-0.2, 0) is 6.42 Å². The van der Waals surface area contributed by atoms with Crippen molar-refractivity contribution in [3.63, 3.8) is 0 Å². The molecule has 0 radical (unpaired) electrons. The Morgan fingerprint density at radius 1 is 1.38 bits per heavy atom. The normalized spacial score (nSPS) is 10.4. The summed E-state index contributed by atoms with van der Waals surface area (Å²) in [5, 5.41) is 6.97. The van der Waals surface area contributed by atoms with Crippen LogP contribution >= 0.6 is 12.2 Å². The number of hydrogen-bond acceptors (Lipinski definition) is 3. The molecule has 5 heteroatoms. The molecule has 0 amide bonds.